The molecule has 0 saturated heterocycles. The van der Waals surface area contributed by atoms with Crippen molar-refractivity contribution in [2.45, 2.75) is 32.9 Å². The van der Waals surface area contributed by atoms with Gasteiger partial charge in [0.1, 0.15) is 5.84 Å². The van der Waals surface area contributed by atoms with Gasteiger partial charge in [0.2, 0.25) is 0 Å². The normalized spacial score (nSPS) is 20.5. The molecule has 2 aromatic rings. The van der Waals surface area contributed by atoms with Crippen LogP contribution < -0.4 is 10.2 Å². The number of aliphatic imine (C=N–C) groups is 1. The van der Waals surface area contributed by atoms with Crippen LogP contribution in [0.4, 0.5) is 24.5 Å². The summed E-state index contributed by atoms with van der Waals surface area (Å²) in [6, 6.07) is 13.7. The lowest BCUT2D eigenvalue weighted by atomic mass is 9.87. The SMILES string of the molecule is Cc1ccc(N2CCC3=C(C2)C(C)C/C=C/N=C3Nc2ccc(C(F)(F)F)cc2)cc1. The van der Waals surface area contributed by atoms with Crippen LogP contribution in [0.2, 0.25) is 0 Å². The number of rotatable bonds is 2. The van der Waals surface area contributed by atoms with Crippen LogP contribution in [0.25, 0.3) is 0 Å². The third kappa shape index (κ3) is 4.84. The molecule has 162 valence electrons. The summed E-state index contributed by atoms with van der Waals surface area (Å²) in [6.07, 6.45) is 1.24. The molecule has 1 unspecified atom stereocenters. The lowest BCUT2D eigenvalue weighted by Crippen LogP contribution is -2.36. The van der Waals surface area contributed by atoms with E-state index in [1.807, 2.05) is 6.08 Å². The predicted octanol–water partition coefficient (Wildman–Crippen LogP) is 6.58. The zero-order valence-corrected chi connectivity index (χ0v) is 17.7. The Bertz CT molecular complexity index is 1020. The predicted molar refractivity (Wildman–Crippen MR) is 120 cm³/mol. The number of hydrogen-bond acceptors (Lipinski definition) is 3. The van der Waals surface area contributed by atoms with Gasteiger partial charge in [0.05, 0.1) is 5.56 Å². The van der Waals surface area contributed by atoms with E-state index in [1.54, 1.807) is 6.20 Å². The van der Waals surface area contributed by atoms with E-state index in [2.05, 4.69) is 53.3 Å². The summed E-state index contributed by atoms with van der Waals surface area (Å²) in [4.78, 5) is 6.99. The maximum atomic E-state index is 12.9. The Balaban J connectivity index is 1.61. The molecule has 2 aliphatic heterocycles. The largest absolute Gasteiger partial charge is 0.416 e. The minimum Gasteiger partial charge on any atom is -0.367 e. The van der Waals surface area contributed by atoms with Crippen molar-refractivity contribution in [1.82, 2.24) is 0 Å². The van der Waals surface area contributed by atoms with Gasteiger partial charge in [-0.2, -0.15) is 13.2 Å². The third-order valence-corrected chi connectivity index (χ3v) is 5.93. The van der Waals surface area contributed by atoms with Crippen molar-refractivity contribution in [2.75, 3.05) is 23.3 Å². The van der Waals surface area contributed by atoms with Gasteiger partial charge in [0.25, 0.3) is 0 Å². The Morgan fingerprint density at radius 3 is 2.42 bits per heavy atom. The van der Waals surface area contributed by atoms with E-state index < -0.39 is 11.7 Å². The monoisotopic (exact) mass is 425 g/mol. The molecule has 0 saturated carbocycles. The van der Waals surface area contributed by atoms with Gasteiger partial charge < -0.3 is 10.2 Å². The van der Waals surface area contributed by atoms with Crippen LogP contribution in [0.1, 0.15) is 30.9 Å². The van der Waals surface area contributed by atoms with Crippen LogP contribution >= 0.6 is 0 Å². The molecule has 0 bridgehead atoms. The van der Waals surface area contributed by atoms with Crippen molar-refractivity contribution >= 4 is 17.2 Å². The van der Waals surface area contributed by atoms with Crippen LogP contribution in [0, 0.1) is 12.8 Å². The highest BCUT2D eigenvalue weighted by molar-refractivity contribution is 6.09. The second-order valence-corrected chi connectivity index (χ2v) is 8.21. The smallest absolute Gasteiger partial charge is 0.367 e. The molecule has 0 spiro atoms. The summed E-state index contributed by atoms with van der Waals surface area (Å²) in [5, 5.41) is 3.26. The summed E-state index contributed by atoms with van der Waals surface area (Å²) < 4.78 is 38.6. The summed E-state index contributed by atoms with van der Waals surface area (Å²) in [5.74, 6) is 1.08. The van der Waals surface area contributed by atoms with Crippen molar-refractivity contribution in [1.29, 1.82) is 0 Å². The molecule has 0 fully saturated rings. The lowest BCUT2D eigenvalue weighted by molar-refractivity contribution is -0.137. The zero-order valence-electron chi connectivity index (χ0n) is 17.7. The van der Waals surface area contributed by atoms with Gasteiger partial charge in [-0.15, -0.1) is 0 Å². The average Bonchev–Trinajstić information content (AvgIpc) is 2.74. The maximum absolute atomic E-state index is 12.9. The first-order chi connectivity index (χ1) is 14.8. The quantitative estimate of drug-likeness (QED) is 0.588. The van der Waals surface area contributed by atoms with Crippen LogP contribution in [-0.4, -0.2) is 18.9 Å². The van der Waals surface area contributed by atoms with Gasteiger partial charge >= 0.3 is 6.18 Å². The van der Waals surface area contributed by atoms with Crippen LogP contribution in [0.3, 0.4) is 0 Å². The second kappa shape index (κ2) is 8.61. The number of nitrogens with one attached hydrogen (secondary N) is 1. The van der Waals surface area contributed by atoms with Gasteiger partial charge in [-0.1, -0.05) is 30.7 Å². The molecule has 31 heavy (non-hydrogen) atoms. The molecule has 0 aromatic heterocycles. The average molecular weight is 425 g/mol. The van der Waals surface area contributed by atoms with Crippen LogP contribution in [0.15, 0.2) is 76.9 Å². The van der Waals surface area contributed by atoms with Gasteiger partial charge in [-0.3, -0.25) is 0 Å². The Morgan fingerprint density at radius 1 is 1.03 bits per heavy atom. The number of amidine groups is 1. The Morgan fingerprint density at radius 2 is 1.74 bits per heavy atom. The first-order valence-electron chi connectivity index (χ1n) is 10.5. The molecule has 2 heterocycles. The molecular formula is C25H26F3N3. The summed E-state index contributed by atoms with van der Waals surface area (Å²) in [7, 11) is 0. The van der Waals surface area contributed by atoms with Crippen molar-refractivity contribution in [3.8, 4) is 0 Å². The van der Waals surface area contributed by atoms with Crippen molar-refractivity contribution in [2.24, 2.45) is 10.9 Å². The highest BCUT2D eigenvalue weighted by atomic mass is 19.4. The molecular weight excluding hydrogens is 399 g/mol. The summed E-state index contributed by atoms with van der Waals surface area (Å²) in [5.41, 5.74) is 4.88. The minimum atomic E-state index is -4.34. The van der Waals surface area contributed by atoms with Crippen molar-refractivity contribution in [3.05, 3.63) is 83.1 Å². The number of hydrogen-bond donors (Lipinski definition) is 1. The molecule has 6 heteroatoms. The molecule has 2 aliphatic rings. The number of anilines is 2. The number of benzene rings is 2. The summed E-state index contributed by atoms with van der Waals surface area (Å²) >= 11 is 0. The fraction of sp³-hybridized carbons (Fsp3) is 0.320. The van der Waals surface area contributed by atoms with E-state index in [-0.39, 0.29) is 0 Å². The Kier molecular flexibility index (Phi) is 5.90. The molecule has 1 N–H and O–H groups in total. The van der Waals surface area contributed by atoms with Crippen molar-refractivity contribution in [3.63, 3.8) is 0 Å². The number of halogens is 3. The van der Waals surface area contributed by atoms with Crippen molar-refractivity contribution < 1.29 is 13.2 Å². The number of allylic oxidation sites excluding steroid dienone is 1. The Labute approximate surface area is 181 Å². The molecule has 2 aromatic carbocycles. The molecule has 4 rings (SSSR count). The highest BCUT2D eigenvalue weighted by Gasteiger charge is 2.30. The van der Waals surface area contributed by atoms with Gasteiger partial charge in [-0.25, -0.2) is 4.99 Å². The standard InChI is InChI=1S/C25H26F3N3/c1-17-5-11-21(12-6-17)31-15-13-22-23(16-31)18(2)4-3-14-29-24(22)30-20-9-7-19(8-10-20)25(26,27)28/h3,5-12,14,18H,4,13,15-16H2,1-2H3,(H,29,30)/b14-3+. The van der Waals surface area contributed by atoms with Crippen LogP contribution in [-0.2, 0) is 6.18 Å². The van der Waals surface area contributed by atoms with E-state index in [0.29, 0.717) is 11.6 Å². The molecule has 0 radical (unpaired) electrons. The number of nitrogens with zero attached hydrogens (tertiary/aromatic N) is 2. The minimum absolute atomic E-state index is 0.361. The van der Waals surface area contributed by atoms with E-state index in [0.717, 1.165) is 43.9 Å². The first kappa shape index (κ1) is 21.2. The highest BCUT2D eigenvalue weighted by Crippen LogP contribution is 2.33. The third-order valence-electron chi connectivity index (χ3n) is 5.93. The molecule has 3 nitrogen and oxygen atoms in total. The Hall–Kier alpha value is -3.02. The molecule has 0 amide bonds. The topological polar surface area (TPSA) is 27.6 Å². The van der Waals surface area contributed by atoms with Gasteiger partial charge in [0, 0.05) is 30.7 Å². The van der Waals surface area contributed by atoms with E-state index in [1.165, 1.54) is 34.5 Å². The van der Waals surface area contributed by atoms with Gasteiger partial charge in [0.15, 0.2) is 0 Å². The second-order valence-electron chi connectivity index (χ2n) is 8.21. The number of alkyl halides is 3. The molecule has 0 aliphatic carbocycles. The van der Waals surface area contributed by atoms with E-state index in [9.17, 15) is 13.2 Å². The zero-order chi connectivity index (χ0) is 22.0. The number of aryl methyl sites for hydroxylation is 1. The maximum Gasteiger partial charge on any atom is 0.416 e. The van der Waals surface area contributed by atoms with Gasteiger partial charge in [-0.05, 0) is 73.2 Å². The fourth-order valence-electron chi connectivity index (χ4n) is 4.09. The first-order valence-corrected chi connectivity index (χ1v) is 10.5. The fourth-order valence-corrected chi connectivity index (χ4v) is 4.09. The molecule has 1 atom stereocenters. The van der Waals surface area contributed by atoms with E-state index in [4.69, 9.17) is 0 Å². The van der Waals surface area contributed by atoms with Crippen LogP contribution in [0.5, 0.6) is 0 Å². The van der Waals surface area contributed by atoms with E-state index >= 15 is 0 Å². The summed E-state index contributed by atoms with van der Waals surface area (Å²) in [6.45, 7) is 5.99. The lowest BCUT2D eigenvalue weighted by Gasteiger charge is -2.36.